The number of allylic oxidation sites excluding steroid dienone is 2. The number of aromatic nitrogens is 3. The predicted molar refractivity (Wildman–Crippen MR) is 118 cm³/mol. The molecule has 0 unspecified atom stereocenters. The van der Waals surface area contributed by atoms with Crippen LogP contribution in [0.15, 0.2) is 70.3 Å². The van der Waals surface area contributed by atoms with Crippen LogP contribution in [0.4, 0.5) is 0 Å². The number of rotatable bonds is 2. The molecule has 3 aliphatic rings. The monoisotopic (exact) mass is 401 g/mol. The largest absolute Gasteiger partial charge is 0.348 e. The molecule has 4 atom stereocenters. The van der Waals surface area contributed by atoms with E-state index in [2.05, 4.69) is 88.4 Å². The van der Waals surface area contributed by atoms with E-state index in [1.165, 1.54) is 15.7 Å². The van der Waals surface area contributed by atoms with Crippen LogP contribution in [0.1, 0.15) is 36.1 Å². The molecule has 3 heterocycles. The molecule has 0 saturated carbocycles. The summed E-state index contributed by atoms with van der Waals surface area (Å²) >= 11 is 0. The Kier molecular flexibility index (Phi) is 3.77. The van der Waals surface area contributed by atoms with E-state index in [1.54, 1.807) is 16.4 Å². The molecule has 2 aliphatic heterocycles. The predicted octanol–water partition coefficient (Wildman–Crippen LogP) is 3.31. The number of aryl methyl sites for hydroxylation is 2. The Morgan fingerprint density at radius 3 is 1.33 bits per heavy atom. The minimum absolute atomic E-state index is 0.103. The third kappa shape index (κ3) is 2.02. The number of hydrogen-bond donors (Lipinski definition) is 0. The van der Waals surface area contributed by atoms with E-state index in [0.29, 0.717) is 0 Å². The highest BCUT2D eigenvalue weighted by Crippen LogP contribution is 2.55. The summed E-state index contributed by atoms with van der Waals surface area (Å²) in [6.45, 7) is 8.50. The smallest absolute Gasteiger partial charge is 0.246 e. The molecule has 1 aliphatic carbocycles. The summed E-state index contributed by atoms with van der Waals surface area (Å²) in [7, 11) is 1.57. The molecule has 154 valence electrons. The number of nitrogens with zero attached hydrogens (tertiary/aromatic N) is 3. The third-order valence-corrected chi connectivity index (χ3v) is 7.60. The maximum atomic E-state index is 13.4. The van der Waals surface area contributed by atoms with Crippen molar-refractivity contribution in [2.75, 3.05) is 0 Å². The van der Waals surface area contributed by atoms with E-state index in [1.807, 2.05) is 0 Å². The Bertz CT molecular complexity index is 1190. The normalized spacial score (nSPS) is 29.2. The van der Waals surface area contributed by atoms with Gasteiger partial charge in [-0.1, -0.05) is 85.7 Å². The zero-order valence-corrected chi connectivity index (χ0v) is 18.1. The molecule has 0 radical (unpaired) electrons. The first-order valence-electron chi connectivity index (χ1n) is 10.5. The fourth-order valence-corrected chi connectivity index (χ4v) is 5.64. The standard InChI is InChI=1S/C25H27N3O2/c1-16-6-10-20(11-7-16)24-14-15-25(19(4)18(24)3,21-12-8-17(2)9-13-21)28-23(30)26(5)22(29)27(24)28/h6-15,18-19H,1-5H3/t18-,19+,24-,25+. The Morgan fingerprint density at radius 2 is 1.00 bits per heavy atom. The zero-order valence-electron chi connectivity index (χ0n) is 18.1. The van der Waals surface area contributed by atoms with Gasteiger partial charge in [-0.2, -0.15) is 0 Å². The Labute approximate surface area is 175 Å². The van der Waals surface area contributed by atoms with Crippen LogP contribution in [0.3, 0.4) is 0 Å². The molecule has 0 saturated heterocycles. The van der Waals surface area contributed by atoms with Gasteiger partial charge < -0.3 is 0 Å². The average molecular weight is 402 g/mol. The lowest BCUT2D eigenvalue weighted by Gasteiger charge is -2.57. The molecule has 0 fully saturated rings. The molecule has 2 aromatic carbocycles. The van der Waals surface area contributed by atoms with Gasteiger partial charge in [-0.15, -0.1) is 0 Å². The van der Waals surface area contributed by atoms with Crippen molar-refractivity contribution in [3.05, 3.63) is 104 Å². The van der Waals surface area contributed by atoms with Crippen molar-refractivity contribution < 1.29 is 0 Å². The summed E-state index contributed by atoms with van der Waals surface area (Å²) in [6, 6.07) is 16.6. The third-order valence-electron chi connectivity index (χ3n) is 7.60. The Hall–Kier alpha value is -3.08. The molecular weight excluding hydrogens is 374 g/mol. The number of benzene rings is 2. The quantitative estimate of drug-likeness (QED) is 0.619. The maximum Gasteiger partial charge on any atom is 0.348 e. The summed E-state index contributed by atoms with van der Waals surface area (Å²) < 4.78 is 4.67. The van der Waals surface area contributed by atoms with Gasteiger partial charge in [0.25, 0.3) is 0 Å². The van der Waals surface area contributed by atoms with Crippen LogP contribution in [0.2, 0.25) is 0 Å². The van der Waals surface area contributed by atoms with Gasteiger partial charge in [0.05, 0.1) is 0 Å². The van der Waals surface area contributed by atoms with Crippen LogP contribution in [-0.2, 0) is 18.1 Å². The molecule has 6 rings (SSSR count). The fraction of sp³-hybridized carbons (Fsp3) is 0.360. The topological polar surface area (TPSA) is 48.9 Å². The summed E-state index contributed by atoms with van der Waals surface area (Å²) in [6.07, 6.45) is 4.31. The Morgan fingerprint density at radius 1 is 0.667 bits per heavy atom. The molecule has 0 amide bonds. The highest BCUT2D eigenvalue weighted by Gasteiger charge is 2.60. The lowest BCUT2D eigenvalue weighted by atomic mass is 9.58. The minimum atomic E-state index is -0.697. The second-order valence-electron chi connectivity index (χ2n) is 9.04. The van der Waals surface area contributed by atoms with Crippen LogP contribution in [0, 0.1) is 25.7 Å². The van der Waals surface area contributed by atoms with Crippen molar-refractivity contribution in [2.24, 2.45) is 18.9 Å². The van der Waals surface area contributed by atoms with Crippen molar-refractivity contribution in [1.29, 1.82) is 0 Å². The van der Waals surface area contributed by atoms with Gasteiger partial charge in [0.1, 0.15) is 11.1 Å². The van der Waals surface area contributed by atoms with Crippen LogP contribution >= 0.6 is 0 Å². The molecule has 5 nitrogen and oxygen atoms in total. The second-order valence-corrected chi connectivity index (χ2v) is 9.04. The highest BCUT2D eigenvalue weighted by molar-refractivity contribution is 5.45. The molecule has 1 aromatic heterocycles. The molecule has 0 N–H and O–H groups in total. The lowest BCUT2D eigenvalue weighted by molar-refractivity contribution is 0.0225. The van der Waals surface area contributed by atoms with E-state index >= 15 is 0 Å². The lowest BCUT2D eigenvalue weighted by Crippen LogP contribution is -2.66. The average Bonchev–Trinajstić information content (AvgIpc) is 2.98. The van der Waals surface area contributed by atoms with Crippen LogP contribution < -0.4 is 11.4 Å². The van der Waals surface area contributed by atoms with Crippen molar-refractivity contribution >= 4 is 0 Å². The van der Waals surface area contributed by atoms with Crippen molar-refractivity contribution in [1.82, 2.24) is 13.9 Å². The van der Waals surface area contributed by atoms with Gasteiger partial charge in [-0.3, -0.25) is 0 Å². The van der Waals surface area contributed by atoms with Gasteiger partial charge in [0, 0.05) is 7.05 Å². The first-order chi connectivity index (χ1) is 14.2. The van der Waals surface area contributed by atoms with E-state index in [4.69, 9.17) is 0 Å². The van der Waals surface area contributed by atoms with Gasteiger partial charge in [-0.05, 0) is 36.8 Å². The zero-order chi connectivity index (χ0) is 21.4. The van der Waals surface area contributed by atoms with Gasteiger partial charge in [-0.25, -0.2) is 23.5 Å². The molecule has 5 heteroatoms. The first-order valence-corrected chi connectivity index (χ1v) is 10.5. The highest BCUT2D eigenvalue weighted by atomic mass is 16.2. The summed E-state index contributed by atoms with van der Waals surface area (Å²) in [4.78, 5) is 26.8. The molecule has 30 heavy (non-hydrogen) atoms. The maximum absolute atomic E-state index is 13.4. The van der Waals surface area contributed by atoms with Gasteiger partial charge in [0.15, 0.2) is 0 Å². The fourth-order valence-electron chi connectivity index (χ4n) is 5.64. The van der Waals surface area contributed by atoms with E-state index in [-0.39, 0.29) is 23.2 Å². The summed E-state index contributed by atoms with van der Waals surface area (Å²) in [5.74, 6) is 0.206. The molecular formula is C25H27N3O2. The number of hydrogen-bond acceptors (Lipinski definition) is 2. The van der Waals surface area contributed by atoms with E-state index in [0.717, 1.165) is 11.1 Å². The van der Waals surface area contributed by atoms with Crippen LogP contribution in [0.5, 0.6) is 0 Å². The molecule has 3 aromatic rings. The molecule has 2 bridgehead atoms. The first kappa shape index (κ1) is 18.9. The van der Waals surface area contributed by atoms with Crippen molar-refractivity contribution in [3.8, 4) is 0 Å². The summed E-state index contributed by atoms with van der Waals surface area (Å²) in [5.41, 5.74) is 2.44. The summed E-state index contributed by atoms with van der Waals surface area (Å²) in [5, 5.41) is 0. The van der Waals surface area contributed by atoms with Crippen molar-refractivity contribution in [3.63, 3.8) is 0 Å². The van der Waals surface area contributed by atoms with E-state index in [9.17, 15) is 9.59 Å². The minimum Gasteiger partial charge on any atom is -0.246 e. The van der Waals surface area contributed by atoms with Crippen LogP contribution in [0.25, 0.3) is 0 Å². The SMILES string of the molecule is Cc1ccc([C@@]23C=C[C@@](c4ccc(C)cc4)([C@@H](C)[C@H]2C)n2c(=O)n(C)c(=O)n23)cc1. The molecule has 0 spiro atoms. The van der Waals surface area contributed by atoms with Crippen molar-refractivity contribution in [2.45, 2.75) is 38.8 Å². The van der Waals surface area contributed by atoms with Crippen LogP contribution in [-0.4, -0.2) is 13.9 Å². The second kappa shape index (κ2) is 5.97. The van der Waals surface area contributed by atoms with E-state index < -0.39 is 11.1 Å². The van der Waals surface area contributed by atoms with Gasteiger partial charge in [0.2, 0.25) is 0 Å². The van der Waals surface area contributed by atoms with Gasteiger partial charge >= 0.3 is 11.4 Å². The Balaban J connectivity index is 1.93. The number of fused-ring (bicyclic) bond motifs is 1.